The van der Waals surface area contributed by atoms with Gasteiger partial charge in [-0.3, -0.25) is 0 Å². The van der Waals surface area contributed by atoms with E-state index in [2.05, 4.69) is 18.8 Å². The van der Waals surface area contributed by atoms with Gasteiger partial charge in [-0.05, 0) is 38.1 Å². The molecule has 0 aliphatic heterocycles. The number of hydrogen-bond acceptors (Lipinski definition) is 6. The quantitative estimate of drug-likeness (QED) is 0.243. The van der Waals surface area contributed by atoms with Gasteiger partial charge in [0.2, 0.25) is 11.0 Å². The largest absolute Gasteiger partial charge is 0.478 e. The Bertz CT molecular complexity index is 1250. The van der Waals surface area contributed by atoms with Gasteiger partial charge in [-0.25, -0.2) is 14.6 Å². The number of ether oxygens (including phenoxy) is 1. The molecule has 3 aromatic heterocycles. The molecule has 1 aromatic carbocycles. The Balaban J connectivity index is 1.79. The van der Waals surface area contributed by atoms with Crippen LogP contribution in [-0.2, 0) is 0 Å². The molecule has 0 spiro atoms. The van der Waals surface area contributed by atoms with Crippen molar-refractivity contribution in [1.29, 1.82) is 0 Å². The van der Waals surface area contributed by atoms with Crippen molar-refractivity contribution in [3.8, 4) is 33.4 Å². The topological polar surface area (TPSA) is 52.8 Å². The number of hydrogen-bond donors (Lipinski definition) is 0. The van der Waals surface area contributed by atoms with Gasteiger partial charge >= 0.3 is 0 Å². The highest BCUT2D eigenvalue weighted by atomic mass is 35.5. The normalized spacial score (nSPS) is 11.3. The van der Waals surface area contributed by atoms with Gasteiger partial charge in [-0.1, -0.05) is 54.5 Å². The van der Waals surface area contributed by atoms with E-state index in [9.17, 15) is 0 Å². The van der Waals surface area contributed by atoms with Crippen molar-refractivity contribution in [2.75, 3.05) is 6.61 Å². The van der Waals surface area contributed by atoms with Crippen LogP contribution in [0.25, 0.3) is 27.5 Å². The van der Waals surface area contributed by atoms with Crippen molar-refractivity contribution in [2.45, 2.75) is 37.2 Å². The molecular weight excluding hydrogens is 483 g/mol. The molecule has 5 nitrogen and oxygen atoms in total. The molecule has 0 saturated heterocycles. The van der Waals surface area contributed by atoms with Gasteiger partial charge in [0.25, 0.3) is 0 Å². The van der Waals surface area contributed by atoms with Gasteiger partial charge in [-0.15, -0.1) is 11.8 Å². The number of pyridine rings is 1. The number of thiazole rings is 1. The van der Waals surface area contributed by atoms with Crippen molar-refractivity contribution < 1.29 is 4.74 Å². The number of aromatic nitrogens is 4. The molecule has 3 heterocycles. The summed E-state index contributed by atoms with van der Waals surface area (Å²) in [5.74, 6) is 0.601. The lowest BCUT2D eigenvalue weighted by Gasteiger charge is -2.07. The first-order chi connectivity index (χ1) is 15.4. The highest BCUT2D eigenvalue weighted by molar-refractivity contribution is 8.01. The van der Waals surface area contributed by atoms with Gasteiger partial charge in [0, 0.05) is 34.3 Å². The van der Waals surface area contributed by atoms with Crippen LogP contribution in [0.4, 0.5) is 0 Å². The first-order valence-corrected chi connectivity index (χ1v) is 12.6. The summed E-state index contributed by atoms with van der Waals surface area (Å²) in [6.45, 7) is 8.80. The summed E-state index contributed by atoms with van der Waals surface area (Å²) in [7, 11) is 0. The third-order valence-corrected chi connectivity index (χ3v) is 7.55. The van der Waals surface area contributed by atoms with Crippen LogP contribution < -0.4 is 4.74 Å². The fourth-order valence-electron chi connectivity index (χ4n) is 3.18. The van der Waals surface area contributed by atoms with E-state index in [1.807, 2.05) is 49.0 Å². The van der Waals surface area contributed by atoms with E-state index < -0.39 is 0 Å². The molecule has 32 heavy (non-hydrogen) atoms. The minimum absolute atomic E-state index is 0.406. The molecule has 0 amide bonds. The van der Waals surface area contributed by atoms with Gasteiger partial charge < -0.3 is 4.74 Å². The predicted molar refractivity (Wildman–Crippen MR) is 135 cm³/mol. The van der Waals surface area contributed by atoms with Crippen molar-refractivity contribution >= 4 is 46.3 Å². The molecule has 0 saturated carbocycles. The maximum Gasteiger partial charge on any atom is 0.221 e. The molecule has 0 atom stereocenters. The summed E-state index contributed by atoms with van der Waals surface area (Å²) >= 11 is 15.8. The lowest BCUT2D eigenvalue weighted by molar-refractivity contribution is 0.328. The smallest absolute Gasteiger partial charge is 0.221 e. The number of halogens is 2. The maximum atomic E-state index is 6.28. The van der Waals surface area contributed by atoms with Crippen LogP contribution in [-0.4, -0.2) is 31.6 Å². The van der Waals surface area contributed by atoms with E-state index in [0.717, 1.165) is 37.4 Å². The lowest BCUT2D eigenvalue weighted by Crippen LogP contribution is -1.96. The van der Waals surface area contributed by atoms with Crippen LogP contribution in [0.5, 0.6) is 5.88 Å². The lowest BCUT2D eigenvalue weighted by atomic mass is 10.1. The SMILES string of the molecule is CCOc1ncccc1-c1cn(-c2nc(-c3ccc(Cl)c(Cl)c3)c(SC(C)C)s2)nc1C. The summed E-state index contributed by atoms with van der Waals surface area (Å²) in [6, 6.07) is 9.50. The second kappa shape index (κ2) is 9.83. The van der Waals surface area contributed by atoms with E-state index >= 15 is 0 Å². The Morgan fingerprint density at radius 3 is 2.69 bits per heavy atom. The van der Waals surface area contributed by atoms with Crippen molar-refractivity contribution in [2.24, 2.45) is 0 Å². The molecule has 0 aliphatic carbocycles. The van der Waals surface area contributed by atoms with E-state index in [0.29, 0.717) is 27.8 Å². The molecule has 9 heteroatoms. The molecule has 4 aromatic rings. The van der Waals surface area contributed by atoms with Crippen molar-refractivity contribution in [3.63, 3.8) is 0 Å². The van der Waals surface area contributed by atoms with Crippen LogP contribution in [0.15, 0.2) is 46.9 Å². The third-order valence-electron chi connectivity index (χ3n) is 4.56. The van der Waals surface area contributed by atoms with E-state index in [1.54, 1.807) is 35.4 Å². The molecule has 0 unspecified atom stereocenters. The first-order valence-electron chi connectivity index (χ1n) is 10.1. The average molecular weight is 505 g/mol. The number of thioether (sulfide) groups is 1. The fraction of sp³-hybridized carbons (Fsp3) is 0.261. The van der Waals surface area contributed by atoms with E-state index in [-0.39, 0.29) is 0 Å². The second-order valence-corrected chi connectivity index (χ2v) is 10.9. The number of benzene rings is 1. The molecule has 0 bridgehead atoms. The fourth-order valence-corrected chi connectivity index (χ4v) is 5.93. The minimum Gasteiger partial charge on any atom is -0.478 e. The van der Waals surface area contributed by atoms with Gasteiger partial charge in [-0.2, -0.15) is 5.10 Å². The molecule has 0 fully saturated rings. The van der Waals surface area contributed by atoms with Crippen LogP contribution in [0.2, 0.25) is 10.0 Å². The van der Waals surface area contributed by atoms with E-state index in [1.165, 1.54) is 0 Å². The van der Waals surface area contributed by atoms with Gasteiger partial charge in [0.05, 0.1) is 32.2 Å². The standard InChI is InChI=1S/C23H22Cl2N4OS2/c1-5-30-21-16(7-6-10-26-21)17-12-29(28-14(17)4)23-27-20(22(32-23)31-13(2)3)15-8-9-18(24)19(25)11-15/h6-13H,5H2,1-4H3. The molecule has 4 rings (SSSR count). The van der Waals surface area contributed by atoms with Crippen molar-refractivity contribution in [3.05, 3.63) is 58.5 Å². The summed E-state index contributed by atoms with van der Waals surface area (Å²) < 4.78 is 8.65. The molecule has 0 N–H and O–H groups in total. The number of rotatable bonds is 7. The summed E-state index contributed by atoms with van der Waals surface area (Å²) in [6.07, 6.45) is 3.71. The zero-order chi connectivity index (χ0) is 22.8. The van der Waals surface area contributed by atoms with E-state index in [4.69, 9.17) is 38.0 Å². The Kier molecular flexibility index (Phi) is 7.10. The van der Waals surface area contributed by atoms with Crippen LogP contribution in [0, 0.1) is 6.92 Å². The summed E-state index contributed by atoms with van der Waals surface area (Å²) in [5.41, 5.74) is 4.57. The highest BCUT2D eigenvalue weighted by Crippen LogP contribution is 2.41. The molecule has 0 radical (unpaired) electrons. The number of nitrogens with zero attached hydrogens (tertiary/aromatic N) is 4. The first kappa shape index (κ1) is 23.1. The van der Waals surface area contributed by atoms with Gasteiger partial charge in [0.15, 0.2) is 0 Å². The molecule has 0 aliphatic rings. The Morgan fingerprint density at radius 1 is 1.16 bits per heavy atom. The highest BCUT2D eigenvalue weighted by Gasteiger charge is 2.20. The average Bonchev–Trinajstić information content (AvgIpc) is 3.34. The second-order valence-electron chi connectivity index (χ2n) is 7.29. The monoisotopic (exact) mass is 504 g/mol. The summed E-state index contributed by atoms with van der Waals surface area (Å²) in [4.78, 5) is 9.31. The van der Waals surface area contributed by atoms with Crippen LogP contribution >= 0.6 is 46.3 Å². The van der Waals surface area contributed by atoms with Gasteiger partial charge in [0.1, 0.15) is 0 Å². The molecule has 166 valence electrons. The zero-order valence-electron chi connectivity index (χ0n) is 18.1. The Hall–Kier alpha value is -2.06. The minimum atomic E-state index is 0.406. The maximum absolute atomic E-state index is 6.28. The van der Waals surface area contributed by atoms with Crippen molar-refractivity contribution in [1.82, 2.24) is 19.7 Å². The Morgan fingerprint density at radius 2 is 1.97 bits per heavy atom. The zero-order valence-corrected chi connectivity index (χ0v) is 21.2. The Labute approximate surface area is 205 Å². The van der Waals surface area contributed by atoms with Crippen LogP contribution in [0.1, 0.15) is 26.5 Å². The predicted octanol–water partition coefficient (Wildman–Crippen LogP) is 7.57. The number of aryl methyl sites for hydroxylation is 1. The third kappa shape index (κ3) is 4.81. The molecular formula is C23H22Cl2N4OS2. The summed E-state index contributed by atoms with van der Waals surface area (Å²) in [5, 5.41) is 6.97. The van der Waals surface area contributed by atoms with Crippen LogP contribution in [0.3, 0.4) is 0 Å².